The molecule has 1 heterocycles. The first-order chi connectivity index (χ1) is 9.00. The second kappa shape index (κ2) is 3.92. The lowest BCUT2D eigenvalue weighted by Gasteiger charge is -2.17. The van der Waals surface area contributed by atoms with Gasteiger partial charge in [0, 0.05) is 0 Å². The van der Waals surface area contributed by atoms with E-state index in [-0.39, 0.29) is 17.1 Å². The predicted molar refractivity (Wildman–Crippen MR) is 67.5 cm³/mol. The van der Waals surface area contributed by atoms with Gasteiger partial charge in [0.25, 0.3) is 0 Å². The van der Waals surface area contributed by atoms with Crippen molar-refractivity contribution in [2.75, 3.05) is 9.03 Å². The van der Waals surface area contributed by atoms with Crippen molar-refractivity contribution in [3.63, 3.8) is 0 Å². The normalized spacial score (nSPS) is 16.0. The quantitative estimate of drug-likeness (QED) is 0.874. The number of nitrogens with one attached hydrogen (secondary N) is 1. The molecule has 1 aliphatic rings. The van der Waals surface area contributed by atoms with Crippen LogP contribution in [0.4, 0.5) is 25.8 Å². The Morgan fingerprint density at radius 3 is 2.26 bits per heavy atom. The second-order valence-electron chi connectivity index (χ2n) is 3.96. The van der Waals surface area contributed by atoms with Crippen molar-refractivity contribution in [3.8, 4) is 0 Å². The lowest BCUT2D eigenvalue weighted by molar-refractivity contribution is 0.598. The van der Waals surface area contributed by atoms with Crippen LogP contribution >= 0.6 is 0 Å². The molecule has 0 aliphatic carbocycles. The minimum Gasteiger partial charge on any atom is -0.261 e. The minimum absolute atomic E-state index is 0.0603. The average molecular weight is 282 g/mol. The van der Waals surface area contributed by atoms with Gasteiger partial charge in [0.2, 0.25) is 0 Å². The number of halogens is 2. The first-order valence-electron chi connectivity index (χ1n) is 5.37. The maximum absolute atomic E-state index is 13.8. The smallest absolute Gasteiger partial charge is 0.261 e. The summed E-state index contributed by atoms with van der Waals surface area (Å²) in [4.78, 5) is 0. The van der Waals surface area contributed by atoms with Crippen LogP contribution in [0.2, 0.25) is 0 Å². The molecular formula is C12H8F2N2O2S. The van der Waals surface area contributed by atoms with Crippen LogP contribution in [0, 0.1) is 11.6 Å². The van der Waals surface area contributed by atoms with Crippen molar-refractivity contribution in [2.45, 2.75) is 0 Å². The Morgan fingerprint density at radius 1 is 0.895 bits per heavy atom. The number of anilines is 3. The van der Waals surface area contributed by atoms with Crippen molar-refractivity contribution >= 4 is 27.3 Å². The van der Waals surface area contributed by atoms with Crippen molar-refractivity contribution in [2.24, 2.45) is 0 Å². The van der Waals surface area contributed by atoms with Gasteiger partial charge in [0.15, 0.2) is 0 Å². The molecule has 7 heteroatoms. The molecule has 0 atom stereocenters. The SMILES string of the molecule is O=S1(=O)Nc2c(F)cccc2N1c1ccccc1F. The van der Waals surface area contributed by atoms with E-state index < -0.39 is 21.8 Å². The fraction of sp³-hybridized carbons (Fsp3) is 0. The highest BCUT2D eigenvalue weighted by molar-refractivity contribution is 7.95. The average Bonchev–Trinajstić information content (AvgIpc) is 2.62. The van der Waals surface area contributed by atoms with Gasteiger partial charge >= 0.3 is 10.2 Å². The fourth-order valence-corrected chi connectivity index (χ4v) is 3.33. The van der Waals surface area contributed by atoms with E-state index in [1.54, 1.807) is 0 Å². The monoisotopic (exact) mass is 282 g/mol. The van der Waals surface area contributed by atoms with Gasteiger partial charge in [-0.2, -0.15) is 8.42 Å². The third-order valence-electron chi connectivity index (χ3n) is 2.75. The van der Waals surface area contributed by atoms with E-state index in [9.17, 15) is 17.2 Å². The standard InChI is InChI=1S/C12H8F2N2O2S/c13-8-4-1-2-6-10(8)16-11-7-3-5-9(14)12(11)15-19(16,17)18/h1-7,15H. The van der Waals surface area contributed by atoms with Crippen LogP contribution in [0.5, 0.6) is 0 Å². The molecule has 0 bridgehead atoms. The summed E-state index contributed by atoms with van der Waals surface area (Å²) < 4.78 is 54.2. The second-order valence-corrected chi connectivity index (χ2v) is 5.48. The maximum atomic E-state index is 13.8. The molecule has 0 unspecified atom stereocenters. The van der Waals surface area contributed by atoms with Gasteiger partial charge in [-0.05, 0) is 24.3 Å². The summed E-state index contributed by atoms with van der Waals surface area (Å²) >= 11 is 0. The number of para-hydroxylation sites is 2. The zero-order chi connectivity index (χ0) is 13.6. The lowest BCUT2D eigenvalue weighted by Crippen LogP contribution is -2.25. The zero-order valence-corrected chi connectivity index (χ0v) is 10.3. The molecule has 0 saturated carbocycles. The molecule has 0 aromatic heterocycles. The Labute approximate surface area is 108 Å². The highest BCUT2D eigenvalue weighted by Gasteiger charge is 2.36. The fourth-order valence-electron chi connectivity index (χ4n) is 1.96. The number of hydrogen-bond acceptors (Lipinski definition) is 2. The maximum Gasteiger partial charge on any atom is 0.328 e. The van der Waals surface area contributed by atoms with Gasteiger partial charge in [-0.25, -0.2) is 13.1 Å². The van der Waals surface area contributed by atoms with E-state index in [1.165, 1.54) is 30.3 Å². The first kappa shape index (κ1) is 11.9. The summed E-state index contributed by atoms with van der Waals surface area (Å²) in [6.45, 7) is 0. The van der Waals surface area contributed by atoms with Crippen molar-refractivity contribution in [1.82, 2.24) is 0 Å². The summed E-state index contributed by atoms with van der Waals surface area (Å²) in [5, 5.41) is 0. The molecule has 0 spiro atoms. The number of nitrogens with zero attached hydrogens (tertiary/aromatic N) is 1. The van der Waals surface area contributed by atoms with Crippen LogP contribution in [0.1, 0.15) is 0 Å². The summed E-state index contributed by atoms with van der Waals surface area (Å²) in [7, 11) is -4.04. The van der Waals surface area contributed by atoms with Crippen LogP contribution in [0.25, 0.3) is 0 Å². The minimum atomic E-state index is -4.04. The largest absolute Gasteiger partial charge is 0.328 e. The molecule has 19 heavy (non-hydrogen) atoms. The highest BCUT2D eigenvalue weighted by Crippen LogP contribution is 2.42. The van der Waals surface area contributed by atoms with E-state index in [0.29, 0.717) is 0 Å². The summed E-state index contributed by atoms with van der Waals surface area (Å²) in [5.74, 6) is -1.41. The topological polar surface area (TPSA) is 49.4 Å². The molecule has 3 rings (SSSR count). The van der Waals surface area contributed by atoms with Crippen LogP contribution in [-0.2, 0) is 10.2 Å². The van der Waals surface area contributed by atoms with Gasteiger partial charge in [-0.3, -0.25) is 4.72 Å². The molecule has 1 N–H and O–H groups in total. The number of rotatable bonds is 1. The summed E-state index contributed by atoms with van der Waals surface area (Å²) in [6, 6.07) is 9.31. The zero-order valence-electron chi connectivity index (χ0n) is 9.47. The van der Waals surface area contributed by atoms with Gasteiger partial charge in [0.1, 0.15) is 17.3 Å². The van der Waals surface area contributed by atoms with Crippen LogP contribution in [0.3, 0.4) is 0 Å². The van der Waals surface area contributed by atoms with Crippen LogP contribution in [-0.4, -0.2) is 8.42 Å². The van der Waals surface area contributed by atoms with Crippen LogP contribution in [0.15, 0.2) is 42.5 Å². The van der Waals surface area contributed by atoms with Gasteiger partial charge in [-0.15, -0.1) is 0 Å². The summed E-state index contributed by atoms with van der Waals surface area (Å²) in [6.07, 6.45) is 0. The molecule has 2 aromatic carbocycles. The van der Waals surface area contributed by atoms with Gasteiger partial charge < -0.3 is 0 Å². The number of fused-ring (bicyclic) bond motifs is 1. The van der Waals surface area contributed by atoms with Crippen molar-refractivity contribution in [3.05, 3.63) is 54.1 Å². The number of benzene rings is 2. The van der Waals surface area contributed by atoms with Crippen molar-refractivity contribution in [1.29, 1.82) is 0 Å². The first-order valence-corrected chi connectivity index (χ1v) is 6.81. The van der Waals surface area contributed by atoms with Gasteiger partial charge in [0.05, 0.1) is 11.4 Å². The van der Waals surface area contributed by atoms with E-state index in [2.05, 4.69) is 4.72 Å². The molecular weight excluding hydrogens is 274 g/mol. The molecule has 0 amide bonds. The Morgan fingerprint density at radius 2 is 1.53 bits per heavy atom. The van der Waals surface area contributed by atoms with E-state index >= 15 is 0 Å². The Bertz CT molecular complexity index is 762. The molecule has 0 radical (unpaired) electrons. The molecule has 0 fully saturated rings. The predicted octanol–water partition coefficient (Wildman–Crippen LogP) is 2.77. The van der Waals surface area contributed by atoms with E-state index in [0.717, 1.165) is 16.4 Å². The Balaban J connectivity index is 2.28. The number of hydrogen-bond donors (Lipinski definition) is 1. The third kappa shape index (κ3) is 1.74. The van der Waals surface area contributed by atoms with Gasteiger partial charge in [-0.1, -0.05) is 18.2 Å². The van der Waals surface area contributed by atoms with Crippen molar-refractivity contribution < 1.29 is 17.2 Å². The molecule has 98 valence electrons. The lowest BCUT2D eigenvalue weighted by atomic mass is 10.2. The molecule has 4 nitrogen and oxygen atoms in total. The summed E-state index contributed by atoms with van der Waals surface area (Å²) in [5.41, 5.74) is -0.268. The molecule has 0 saturated heterocycles. The van der Waals surface area contributed by atoms with Crippen LogP contribution < -0.4 is 9.03 Å². The highest BCUT2D eigenvalue weighted by atomic mass is 32.2. The third-order valence-corrected chi connectivity index (χ3v) is 4.09. The van der Waals surface area contributed by atoms with E-state index in [1.807, 2.05) is 0 Å². The Hall–Kier alpha value is -2.15. The Kier molecular flexibility index (Phi) is 2.46. The molecule has 1 aliphatic heterocycles. The van der Waals surface area contributed by atoms with E-state index in [4.69, 9.17) is 0 Å². The molecule has 2 aromatic rings.